The van der Waals surface area contributed by atoms with Crippen LogP contribution < -0.4 is 5.32 Å². The molecule has 1 N–H and O–H groups in total. The third kappa shape index (κ3) is 4.00. The maximum Gasteiger partial charge on any atom is 0.252 e. The summed E-state index contributed by atoms with van der Waals surface area (Å²) >= 11 is 0. The molecule has 35 heavy (non-hydrogen) atoms. The summed E-state index contributed by atoms with van der Waals surface area (Å²) in [5, 5.41) is 3.83. The molecule has 0 saturated heterocycles. The fourth-order valence-corrected chi connectivity index (χ4v) is 4.11. The fraction of sp³-hybridized carbons (Fsp3) is 0.0357. The molecule has 4 heterocycles. The highest BCUT2D eigenvalue weighted by Gasteiger charge is 2.14. The molecule has 0 aliphatic heterocycles. The Kier molecular flexibility index (Phi) is 5.20. The summed E-state index contributed by atoms with van der Waals surface area (Å²) in [6.45, 7) is 0.357. The van der Waals surface area contributed by atoms with Gasteiger partial charge in [0, 0.05) is 36.1 Å². The van der Waals surface area contributed by atoms with Gasteiger partial charge in [-0.2, -0.15) is 0 Å². The number of carbonyl (C=O) groups is 1. The maximum absolute atomic E-state index is 13.2. The maximum atomic E-state index is 13.2. The molecule has 6 rings (SSSR count). The Labute approximate surface area is 201 Å². The van der Waals surface area contributed by atoms with Crippen LogP contribution in [0.15, 0.2) is 104 Å². The van der Waals surface area contributed by atoms with Crippen LogP contribution in [0.2, 0.25) is 0 Å². The molecular weight excluding hydrogens is 436 g/mol. The van der Waals surface area contributed by atoms with Crippen molar-refractivity contribution in [3.8, 4) is 17.1 Å². The van der Waals surface area contributed by atoms with Gasteiger partial charge in [-0.3, -0.25) is 14.3 Å². The van der Waals surface area contributed by atoms with Crippen molar-refractivity contribution in [1.29, 1.82) is 0 Å². The number of hydrogen-bond donors (Lipinski definition) is 1. The van der Waals surface area contributed by atoms with Gasteiger partial charge in [0.15, 0.2) is 0 Å². The molecule has 7 nitrogen and oxygen atoms in total. The van der Waals surface area contributed by atoms with Gasteiger partial charge in [0.2, 0.25) is 0 Å². The number of amides is 1. The molecule has 0 bridgehead atoms. The number of carbonyl (C=O) groups excluding carboxylic acids is 1. The molecular formula is C28H20N6O. The van der Waals surface area contributed by atoms with E-state index in [0.717, 1.165) is 38.9 Å². The van der Waals surface area contributed by atoms with Crippen molar-refractivity contribution in [1.82, 2.24) is 29.8 Å². The fourth-order valence-electron chi connectivity index (χ4n) is 4.11. The van der Waals surface area contributed by atoms with Crippen LogP contribution in [0.5, 0.6) is 0 Å². The van der Waals surface area contributed by atoms with Crippen LogP contribution in [0.1, 0.15) is 15.9 Å². The summed E-state index contributed by atoms with van der Waals surface area (Å²) in [7, 11) is 0. The van der Waals surface area contributed by atoms with Crippen molar-refractivity contribution in [3.63, 3.8) is 0 Å². The largest absolute Gasteiger partial charge is 0.348 e. The average molecular weight is 457 g/mol. The lowest BCUT2D eigenvalue weighted by atomic mass is 10.0. The van der Waals surface area contributed by atoms with E-state index in [-0.39, 0.29) is 5.91 Å². The lowest BCUT2D eigenvalue weighted by Gasteiger charge is -2.11. The van der Waals surface area contributed by atoms with Crippen LogP contribution in [-0.4, -0.2) is 30.4 Å². The van der Waals surface area contributed by atoms with E-state index in [1.807, 2.05) is 83.4 Å². The lowest BCUT2D eigenvalue weighted by molar-refractivity contribution is 0.0952. The van der Waals surface area contributed by atoms with Crippen LogP contribution in [-0.2, 0) is 6.54 Å². The predicted octanol–water partition coefficient (Wildman–Crippen LogP) is 4.96. The summed E-state index contributed by atoms with van der Waals surface area (Å²) in [6.07, 6.45) is 7.00. The third-order valence-corrected chi connectivity index (χ3v) is 5.88. The Morgan fingerprint density at radius 3 is 2.54 bits per heavy atom. The second-order valence-electron chi connectivity index (χ2n) is 8.12. The van der Waals surface area contributed by atoms with E-state index < -0.39 is 0 Å². The third-order valence-electron chi connectivity index (χ3n) is 5.88. The Morgan fingerprint density at radius 1 is 0.857 bits per heavy atom. The zero-order chi connectivity index (χ0) is 23.6. The Hall–Kier alpha value is -4.91. The smallest absolute Gasteiger partial charge is 0.252 e. The van der Waals surface area contributed by atoms with Gasteiger partial charge < -0.3 is 5.32 Å². The van der Waals surface area contributed by atoms with Crippen LogP contribution >= 0.6 is 0 Å². The SMILES string of the molecule is O=C(NCc1ccc(-n2cnc3ccccc32)nc1)c1cc(-c2cccnc2)nc2ccccc12. The van der Waals surface area contributed by atoms with Crippen molar-refractivity contribution in [2.45, 2.75) is 6.54 Å². The number of para-hydroxylation sites is 3. The summed E-state index contributed by atoms with van der Waals surface area (Å²) in [5.41, 5.74) is 5.72. The van der Waals surface area contributed by atoms with Crippen molar-refractivity contribution in [2.24, 2.45) is 0 Å². The minimum atomic E-state index is -0.168. The van der Waals surface area contributed by atoms with Crippen LogP contribution in [0.4, 0.5) is 0 Å². The molecule has 168 valence electrons. The number of aromatic nitrogens is 5. The van der Waals surface area contributed by atoms with E-state index in [2.05, 4.69) is 20.3 Å². The first-order chi connectivity index (χ1) is 17.3. The first kappa shape index (κ1) is 20.7. The molecule has 0 unspecified atom stereocenters. The van der Waals surface area contributed by atoms with Crippen LogP contribution in [0.3, 0.4) is 0 Å². The second-order valence-corrected chi connectivity index (χ2v) is 8.12. The summed E-state index contributed by atoms with van der Waals surface area (Å²) in [4.78, 5) is 31.1. The lowest BCUT2D eigenvalue weighted by Crippen LogP contribution is -2.23. The predicted molar refractivity (Wildman–Crippen MR) is 135 cm³/mol. The molecule has 0 saturated carbocycles. The molecule has 0 aliphatic carbocycles. The Balaban J connectivity index is 1.24. The quantitative estimate of drug-likeness (QED) is 0.396. The van der Waals surface area contributed by atoms with Crippen molar-refractivity contribution >= 4 is 27.8 Å². The minimum Gasteiger partial charge on any atom is -0.348 e. The molecule has 2 aromatic carbocycles. The van der Waals surface area contributed by atoms with E-state index in [9.17, 15) is 4.79 Å². The summed E-state index contributed by atoms with van der Waals surface area (Å²) in [5.74, 6) is 0.605. The normalized spacial score (nSPS) is 11.1. The van der Waals surface area contributed by atoms with Gasteiger partial charge in [0.1, 0.15) is 12.1 Å². The molecule has 4 aromatic heterocycles. The first-order valence-corrected chi connectivity index (χ1v) is 11.2. The number of pyridine rings is 3. The molecule has 0 spiro atoms. The number of rotatable bonds is 5. The van der Waals surface area contributed by atoms with Gasteiger partial charge in [-0.05, 0) is 48.0 Å². The number of nitrogens with one attached hydrogen (secondary N) is 1. The number of nitrogens with zero attached hydrogens (tertiary/aromatic N) is 5. The minimum absolute atomic E-state index is 0.168. The zero-order valence-corrected chi connectivity index (χ0v) is 18.7. The van der Waals surface area contributed by atoms with Crippen molar-refractivity contribution in [2.75, 3.05) is 0 Å². The number of fused-ring (bicyclic) bond motifs is 2. The van der Waals surface area contributed by atoms with Gasteiger partial charge >= 0.3 is 0 Å². The Bertz CT molecular complexity index is 1660. The van der Waals surface area contributed by atoms with Crippen LogP contribution in [0, 0.1) is 0 Å². The van der Waals surface area contributed by atoms with E-state index >= 15 is 0 Å². The molecule has 0 atom stereocenters. The highest BCUT2D eigenvalue weighted by molar-refractivity contribution is 6.07. The van der Waals surface area contributed by atoms with Gasteiger partial charge in [0.25, 0.3) is 5.91 Å². The highest BCUT2D eigenvalue weighted by Crippen LogP contribution is 2.24. The average Bonchev–Trinajstić information content (AvgIpc) is 3.36. The van der Waals surface area contributed by atoms with Gasteiger partial charge in [-0.15, -0.1) is 0 Å². The van der Waals surface area contributed by atoms with Gasteiger partial charge in [-0.1, -0.05) is 36.4 Å². The van der Waals surface area contributed by atoms with Gasteiger partial charge in [-0.25, -0.2) is 15.0 Å². The molecule has 0 radical (unpaired) electrons. The van der Waals surface area contributed by atoms with Gasteiger partial charge in [0.05, 0.1) is 27.8 Å². The molecule has 0 aliphatic rings. The topological polar surface area (TPSA) is 85.6 Å². The molecule has 7 heteroatoms. The first-order valence-electron chi connectivity index (χ1n) is 11.2. The number of benzene rings is 2. The second kappa shape index (κ2) is 8.79. The van der Waals surface area contributed by atoms with E-state index in [1.54, 1.807) is 24.9 Å². The van der Waals surface area contributed by atoms with E-state index in [1.165, 1.54) is 0 Å². The molecule has 0 fully saturated rings. The molecule has 6 aromatic rings. The monoisotopic (exact) mass is 456 g/mol. The van der Waals surface area contributed by atoms with E-state index in [4.69, 9.17) is 4.98 Å². The highest BCUT2D eigenvalue weighted by atomic mass is 16.1. The zero-order valence-electron chi connectivity index (χ0n) is 18.7. The summed E-state index contributed by atoms with van der Waals surface area (Å²) in [6, 6.07) is 25.1. The van der Waals surface area contributed by atoms with Crippen LogP contribution in [0.25, 0.3) is 39.0 Å². The standard InChI is InChI=1S/C28H20N6O/c35-28(22-14-25(20-6-5-13-29-17-20)33-23-8-2-1-7-21(22)23)31-16-19-11-12-27(30-15-19)34-18-32-24-9-3-4-10-26(24)34/h1-15,17-18H,16H2,(H,31,35). The molecule has 1 amide bonds. The van der Waals surface area contributed by atoms with Crippen molar-refractivity contribution in [3.05, 3.63) is 115 Å². The van der Waals surface area contributed by atoms with Crippen molar-refractivity contribution < 1.29 is 4.79 Å². The number of imidazole rings is 1. The summed E-state index contributed by atoms with van der Waals surface area (Å²) < 4.78 is 1.95. The number of hydrogen-bond acceptors (Lipinski definition) is 5. The van der Waals surface area contributed by atoms with E-state index in [0.29, 0.717) is 17.8 Å². The Morgan fingerprint density at radius 2 is 1.71 bits per heavy atom.